The van der Waals surface area contributed by atoms with Gasteiger partial charge in [-0.2, -0.15) is 0 Å². The van der Waals surface area contributed by atoms with E-state index in [-0.39, 0.29) is 29.4 Å². The zero-order chi connectivity index (χ0) is 22.8. The second kappa shape index (κ2) is 9.62. The molecular weight excluding hydrogens is 407 g/mol. The van der Waals surface area contributed by atoms with Crippen LogP contribution in [0.3, 0.4) is 0 Å². The number of aliphatic imine (C=N–C) groups is 1. The van der Waals surface area contributed by atoms with Crippen LogP contribution in [0.15, 0.2) is 23.2 Å². The minimum Gasteiger partial charge on any atom is -0.535 e. The lowest BCUT2D eigenvalue weighted by Gasteiger charge is -2.45. The molecule has 5 N–H and O–H groups in total. The molecule has 3 aliphatic rings. The highest BCUT2D eigenvalue weighted by Crippen LogP contribution is 2.38. The first kappa shape index (κ1) is 22.8. The first-order valence-electron chi connectivity index (χ1n) is 11.6. The number of hydrogen-bond acceptors (Lipinski definition) is 6. The first-order chi connectivity index (χ1) is 15.3. The lowest BCUT2D eigenvalue weighted by Crippen LogP contribution is -2.56. The number of ketones is 2. The molecule has 1 aromatic carbocycles. The summed E-state index contributed by atoms with van der Waals surface area (Å²) < 4.78 is 5.67. The van der Waals surface area contributed by atoms with Crippen LogP contribution in [-0.4, -0.2) is 59.7 Å². The van der Waals surface area contributed by atoms with Gasteiger partial charge < -0.3 is 21.1 Å². The fourth-order valence-electron chi connectivity index (χ4n) is 5.43. The van der Waals surface area contributed by atoms with Gasteiger partial charge in [-0.25, -0.2) is 4.99 Å². The molecule has 0 spiro atoms. The monoisotopic (exact) mass is 440 g/mol. The lowest BCUT2D eigenvalue weighted by atomic mass is 9.64. The summed E-state index contributed by atoms with van der Waals surface area (Å²) in [5, 5.41) is 10.5. The van der Waals surface area contributed by atoms with Crippen LogP contribution in [0.1, 0.15) is 61.4 Å². The summed E-state index contributed by atoms with van der Waals surface area (Å²) in [5.41, 5.74) is 12.3. The molecule has 9 heteroatoms. The summed E-state index contributed by atoms with van der Waals surface area (Å²) in [6.07, 6.45) is 5.71. The molecule has 2 fully saturated rings. The standard InChI is InChI=1S/C23H33BN4O4/c1-14(29)21-4-2-3-16-10-17(24(31)32-22(16)21)11-20(30)9-15-5-7-19(8-6-15)28-12-18(13-28)27-23(25)26/h2-4,15,17-19,31H,5-13H2,1H3,(H4,25,26,27)/t15?,17-,19?/m1/s1. The Labute approximate surface area is 189 Å². The molecule has 2 aliphatic heterocycles. The van der Waals surface area contributed by atoms with Gasteiger partial charge in [0, 0.05) is 37.8 Å². The number of hydrogen-bond donors (Lipinski definition) is 3. The van der Waals surface area contributed by atoms with Gasteiger partial charge in [0.15, 0.2) is 11.7 Å². The van der Waals surface area contributed by atoms with Crippen molar-refractivity contribution in [2.75, 3.05) is 13.1 Å². The molecular formula is C23H33BN4O4. The molecule has 1 aromatic rings. The molecule has 0 amide bonds. The molecule has 1 saturated carbocycles. The fourth-order valence-corrected chi connectivity index (χ4v) is 5.43. The van der Waals surface area contributed by atoms with Crippen LogP contribution in [0, 0.1) is 5.92 Å². The molecule has 32 heavy (non-hydrogen) atoms. The third-order valence-electron chi connectivity index (χ3n) is 7.16. The van der Waals surface area contributed by atoms with Crippen molar-refractivity contribution in [3.8, 4) is 5.75 Å². The zero-order valence-electron chi connectivity index (χ0n) is 18.7. The minimum atomic E-state index is -1.06. The van der Waals surface area contributed by atoms with E-state index in [9.17, 15) is 14.6 Å². The van der Waals surface area contributed by atoms with Gasteiger partial charge in [0.05, 0.1) is 11.6 Å². The maximum absolute atomic E-state index is 12.8. The van der Waals surface area contributed by atoms with E-state index >= 15 is 0 Å². The molecule has 0 radical (unpaired) electrons. The van der Waals surface area contributed by atoms with E-state index < -0.39 is 7.12 Å². The lowest BCUT2D eigenvalue weighted by molar-refractivity contribution is -0.120. The third kappa shape index (κ3) is 5.15. The highest BCUT2D eigenvalue weighted by molar-refractivity contribution is 6.47. The van der Waals surface area contributed by atoms with Crippen molar-refractivity contribution < 1.29 is 19.3 Å². The molecule has 2 heterocycles. The molecule has 0 bridgehead atoms. The topological polar surface area (TPSA) is 131 Å². The number of carbonyl (C=O) groups excluding carboxylic acids is 2. The first-order valence-corrected chi connectivity index (χ1v) is 11.6. The van der Waals surface area contributed by atoms with E-state index in [2.05, 4.69) is 9.89 Å². The van der Waals surface area contributed by atoms with Crippen molar-refractivity contribution in [2.45, 2.75) is 69.8 Å². The predicted molar refractivity (Wildman–Crippen MR) is 124 cm³/mol. The van der Waals surface area contributed by atoms with Gasteiger partial charge in [0.1, 0.15) is 11.5 Å². The molecule has 0 unspecified atom stereocenters. The summed E-state index contributed by atoms with van der Waals surface area (Å²) in [7, 11) is -1.06. The normalized spacial score (nSPS) is 25.9. The van der Waals surface area contributed by atoms with Gasteiger partial charge in [-0.3, -0.25) is 14.5 Å². The van der Waals surface area contributed by atoms with Crippen molar-refractivity contribution in [1.82, 2.24) is 4.90 Å². The van der Waals surface area contributed by atoms with E-state index in [0.29, 0.717) is 42.5 Å². The van der Waals surface area contributed by atoms with Gasteiger partial charge in [-0.1, -0.05) is 12.1 Å². The summed E-state index contributed by atoms with van der Waals surface area (Å²) in [6.45, 7) is 3.32. The number of nitrogens with two attached hydrogens (primary N) is 2. The van der Waals surface area contributed by atoms with E-state index in [1.165, 1.54) is 6.92 Å². The number of likely N-dealkylation sites (tertiary alicyclic amines) is 1. The number of benzene rings is 1. The third-order valence-corrected chi connectivity index (χ3v) is 7.16. The molecule has 8 nitrogen and oxygen atoms in total. The average Bonchev–Trinajstić information content (AvgIpc) is 2.71. The Kier molecular flexibility index (Phi) is 6.86. The van der Waals surface area contributed by atoms with Crippen LogP contribution in [0.4, 0.5) is 0 Å². The zero-order valence-corrected chi connectivity index (χ0v) is 18.7. The Morgan fingerprint density at radius 1 is 1.19 bits per heavy atom. The van der Waals surface area contributed by atoms with Gasteiger partial charge in [0.25, 0.3) is 0 Å². The predicted octanol–water partition coefficient (Wildman–Crippen LogP) is 1.54. The Morgan fingerprint density at radius 2 is 1.91 bits per heavy atom. The van der Waals surface area contributed by atoms with Gasteiger partial charge >= 0.3 is 7.12 Å². The maximum atomic E-state index is 12.8. The van der Waals surface area contributed by atoms with E-state index in [0.717, 1.165) is 44.3 Å². The summed E-state index contributed by atoms with van der Waals surface area (Å²) in [5.74, 6) is 0.845. The maximum Gasteiger partial charge on any atom is 0.526 e. The Morgan fingerprint density at radius 3 is 2.56 bits per heavy atom. The Hall–Kier alpha value is -2.39. The number of Topliss-reactive ketones (excluding diaryl/α,β-unsaturated/α-hetero) is 2. The molecule has 4 rings (SSSR count). The summed E-state index contributed by atoms with van der Waals surface area (Å²) in [6, 6.07) is 6.22. The summed E-state index contributed by atoms with van der Waals surface area (Å²) in [4.78, 5) is 31.2. The fraction of sp³-hybridized carbons (Fsp3) is 0.609. The molecule has 1 atom stereocenters. The number of guanidine groups is 1. The average molecular weight is 440 g/mol. The van der Waals surface area contributed by atoms with Crippen molar-refractivity contribution in [1.29, 1.82) is 0 Å². The molecule has 1 saturated heterocycles. The number of carbonyl (C=O) groups is 2. The second-order valence-corrected chi connectivity index (χ2v) is 9.61. The van der Waals surface area contributed by atoms with Crippen LogP contribution in [0.2, 0.25) is 5.82 Å². The van der Waals surface area contributed by atoms with Crippen molar-refractivity contribution in [3.05, 3.63) is 29.3 Å². The van der Waals surface area contributed by atoms with Crippen LogP contribution in [0.5, 0.6) is 5.75 Å². The van der Waals surface area contributed by atoms with Gasteiger partial charge in [-0.05, 0) is 56.6 Å². The Bertz CT molecular complexity index is 890. The van der Waals surface area contributed by atoms with Gasteiger partial charge in [0.2, 0.25) is 0 Å². The minimum absolute atomic E-state index is 0.0934. The van der Waals surface area contributed by atoms with Gasteiger partial charge in [-0.15, -0.1) is 0 Å². The van der Waals surface area contributed by atoms with E-state index in [4.69, 9.17) is 16.1 Å². The highest BCUT2D eigenvalue weighted by atomic mass is 16.5. The SMILES string of the molecule is CC(=O)c1cccc2c1OB(O)[C@@H](CC(=O)CC1CCC(N3CC(N=C(N)N)C3)CC1)C2. The number of para-hydroxylation sites is 1. The van der Waals surface area contributed by atoms with Crippen molar-refractivity contribution in [2.24, 2.45) is 22.4 Å². The van der Waals surface area contributed by atoms with Crippen molar-refractivity contribution >= 4 is 24.6 Å². The van der Waals surface area contributed by atoms with E-state index in [1.807, 2.05) is 12.1 Å². The summed E-state index contributed by atoms with van der Waals surface area (Å²) >= 11 is 0. The van der Waals surface area contributed by atoms with Crippen LogP contribution in [-0.2, 0) is 11.2 Å². The van der Waals surface area contributed by atoms with Crippen LogP contribution < -0.4 is 16.1 Å². The highest BCUT2D eigenvalue weighted by Gasteiger charge is 2.38. The Balaban J connectivity index is 1.23. The molecule has 172 valence electrons. The van der Waals surface area contributed by atoms with Crippen LogP contribution >= 0.6 is 0 Å². The molecule has 1 aliphatic carbocycles. The number of nitrogens with zero attached hydrogens (tertiary/aromatic N) is 2. The molecule has 0 aromatic heterocycles. The number of fused-ring (bicyclic) bond motifs is 1. The number of rotatable bonds is 7. The quantitative estimate of drug-likeness (QED) is 0.254. The smallest absolute Gasteiger partial charge is 0.526 e. The second-order valence-electron chi connectivity index (χ2n) is 9.61. The van der Waals surface area contributed by atoms with Crippen LogP contribution in [0.25, 0.3) is 0 Å². The van der Waals surface area contributed by atoms with Crippen molar-refractivity contribution in [3.63, 3.8) is 0 Å². The largest absolute Gasteiger partial charge is 0.535 e. The van der Waals surface area contributed by atoms with E-state index in [1.54, 1.807) is 6.07 Å².